The molecule has 0 aliphatic carbocycles. The average molecular weight is 413 g/mol. The number of anilines is 2. The maximum atomic E-state index is 12.6. The number of para-hydroxylation sites is 2. The number of hydrogen-bond donors (Lipinski definition) is 2. The minimum Gasteiger partial charge on any atom is -0.490 e. The molecule has 3 rings (SSSR count). The summed E-state index contributed by atoms with van der Waals surface area (Å²) >= 11 is 0. The minimum absolute atomic E-state index is 0.0401. The molecule has 8 heteroatoms. The summed E-state index contributed by atoms with van der Waals surface area (Å²) in [7, 11) is 0. The van der Waals surface area contributed by atoms with Gasteiger partial charge in [0.05, 0.1) is 5.69 Å². The van der Waals surface area contributed by atoms with Gasteiger partial charge in [0, 0.05) is 38.1 Å². The highest BCUT2D eigenvalue weighted by atomic mass is 16.5. The van der Waals surface area contributed by atoms with Gasteiger partial charge in [-0.1, -0.05) is 26.0 Å². The Hall–Kier alpha value is -2.87. The van der Waals surface area contributed by atoms with E-state index in [0.29, 0.717) is 30.5 Å². The van der Waals surface area contributed by atoms with E-state index in [9.17, 15) is 4.79 Å². The topological polar surface area (TPSA) is 82.6 Å². The molecule has 0 saturated carbocycles. The lowest BCUT2D eigenvalue weighted by molar-refractivity contribution is 0.223. The van der Waals surface area contributed by atoms with Crippen LogP contribution in [0.1, 0.15) is 26.7 Å². The number of likely N-dealkylation sites (N-methyl/N-ethyl adjacent to an activating group) is 1. The molecule has 0 radical (unpaired) electrons. The van der Waals surface area contributed by atoms with E-state index < -0.39 is 0 Å². The molecule has 162 valence electrons. The number of ether oxygens (including phenoxy) is 1. The predicted octanol–water partition coefficient (Wildman–Crippen LogP) is 2.99. The molecule has 0 bridgehead atoms. The molecule has 1 unspecified atom stereocenters. The summed E-state index contributed by atoms with van der Waals surface area (Å²) in [6.07, 6.45) is 5.39. The van der Waals surface area contributed by atoms with Crippen LogP contribution in [0.5, 0.6) is 5.75 Å². The molecule has 2 heterocycles. The average Bonchev–Trinajstić information content (AvgIpc) is 2.78. The Balaban J connectivity index is 1.52. The third-order valence-corrected chi connectivity index (χ3v) is 5.29. The van der Waals surface area contributed by atoms with Crippen LogP contribution in [0.3, 0.4) is 0 Å². The van der Waals surface area contributed by atoms with E-state index >= 15 is 0 Å². The van der Waals surface area contributed by atoms with Crippen molar-refractivity contribution >= 4 is 17.7 Å². The minimum atomic E-state index is -0.226. The van der Waals surface area contributed by atoms with Gasteiger partial charge in [0.25, 0.3) is 0 Å². The first-order valence-electron chi connectivity index (χ1n) is 10.7. The SMILES string of the molecule is CCN(CC)CCOc1ccccc1NC(=O)NC1CCCN(c2ncccn2)C1. The summed E-state index contributed by atoms with van der Waals surface area (Å²) in [5.74, 6) is 1.39. The summed E-state index contributed by atoms with van der Waals surface area (Å²) < 4.78 is 5.93. The second kappa shape index (κ2) is 11.3. The Labute approximate surface area is 178 Å². The lowest BCUT2D eigenvalue weighted by Crippen LogP contribution is -2.49. The molecule has 1 aromatic carbocycles. The van der Waals surface area contributed by atoms with Crippen molar-refractivity contribution < 1.29 is 9.53 Å². The highest BCUT2D eigenvalue weighted by Gasteiger charge is 2.23. The van der Waals surface area contributed by atoms with Gasteiger partial charge in [-0.2, -0.15) is 0 Å². The van der Waals surface area contributed by atoms with Crippen LogP contribution in [0.4, 0.5) is 16.4 Å². The normalized spacial score (nSPS) is 16.4. The van der Waals surface area contributed by atoms with Crippen molar-refractivity contribution in [1.82, 2.24) is 20.2 Å². The third-order valence-electron chi connectivity index (χ3n) is 5.29. The Kier molecular flexibility index (Phi) is 8.26. The van der Waals surface area contributed by atoms with Gasteiger partial charge in [0.1, 0.15) is 12.4 Å². The second-order valence-corrected chi connectivity index (χ2v) is 7.30. The van der Waals surface area contributed by atoms with Crippen molar-refractivity contribution in [3.8, 4) is 5.75 Å². The molecular weight excluding hydrogens is 380 g/mol. The molecule has 8 nitrogen and oxygen atoms in total. The first-order valence-corrected chi connectivity index (χ1v) is 10.7. The van der Waals surface area contributed by atoms with Crippen LogP contribution in [-0.4, -0.2) is 66.3 Å². The predicted molar refractivity (Wildman–Crippen MR) is 119 cm³/mol. The van der Waals surface area contributed by atoms with Crippen molar-refractivity contribution in [2.24, 2.45) is 0 Å². The smallest absolute Gasteiger partial charge is 0.319 e. The molecule has 1 saturated heterocycles. The zero-order valence-electron chi connectivity index (χ0n) is 17.9. The van der Waals surface area contributed by atoms with E-state index in [1.807, 2.05) is 24.3 Å². The van der Waals surface area contributed by atoms with Crippen molar-refractivity contribution in [2.75, 3.05) is 49.5 Å². The van der Waals surface area contributed by atoms with E-state index in [-0.39, 0.29) is 12.1 Å². The van der Waals surface area contributed by atoms with Crippen LogP contribution in [0.2, 0.25) is 0 Å². The van der Waals surface area contributed by atoms with E-state index in [2.05, 4.69) is 44.2 Å². The maximum Gasteiger partial charge on any atom is 0.319 e. The van der Waals surface area contributed by atoms with E-state index in [0.717, 1.165) is 39.0 Å². The zero-order chi connectivity index (χ0) is 21.2. The summed E-state index contributed by atoms with van der Waals surface area (Å²) in [6, 6.07) is 9.16. The Morgan fingerprint density at radius 3 is 2.73 bits per heavy atom. The summed E-state index contributed by atoms with van der Waals surface area (Å²) in [6.45, 7) is 9.29. The third kappa shape index (κ3) is 6.32. The Bertz CT molecular complexity index is 784. The number of nitrogens with zero attached hydrogens (tertiary/aromatic N) is 4. The van der Waals surface area contributed by atoms with Crippen molar-refractivity contribution in [2.45, 2.75) is 32.7 Å². The second-order valence-electron chi connectivity index (χ2n) is 7.30. The molecule has 30 heavy (non-hydrogen) atoms. The van der Waals surface area contributed by atoms with E-state index in [1.165, 1.54) is 0 Å². The van der Waals surface area contributed by atoms with Gasteiger partial charge in [-0.25, -0.2) is 14.8 Å². The van der Waals surface area contributed by atoms with Gasteiger partial charge >= 0.3 is 6.03 Å². The van der Waals surface area contributed by atoms with Gasteiger partial charge in [-0.15, -0.1) is 0 Å². The molecule has 2 aromatic rings. The number of rotatable bonds is 9. The highest BCUT2D eigenvalue weighted by molar-refractivity contribution is 5.91. The van der Waals surface area contributed by atoms with Crippen LogP contribution in [0, 0.1) is 0 Å². The molecular formula is C22H32N6O2. The first-order chi connectivity index (χ1) is 14.7. The van der Waals surface area contributed by atoms with Gasteiger partial charge in [0.15, 0.2) is 0 Å². The van der Waals surface area contributed by atoms with Gasteiger partial charge in [-0.05, 0) is 44.1 Å². The van der Waals surface area contributed by atoms with Gasteiger partial charge in [0.2, 0.25) is 5.95 Å². The van der Waals surface area contributed by atoms with Gasteiger partial charge < -0.3 is 25.2 Å². The van der Waals surface area contributed by atoms with E-state index in [4.69, 9.17) is 4.74 Å². The van der Waals surface area contributed by atoms with Crippen LogP contribution in [0.25, 0.3) is 0 Å². The van der Waals surface area contributed by atoms with Crippen LogP contribution >= 0.6 is 0 Å². The number of amides is 2. The van der Waals surface area contributed by atoms with Gasteiger partial charge in [-0.3, -0.25) is 0 Å². The van der Waals surface area contributed by atoms with Crippen molar-refractivity contribution in [1.29, 1.82) is 0 Å². The number of carbonyl (C=O) groups excluding carboxylic acids is 1. The molecule has 2 amide bonds. The van der Waals surface area contributed by atoms with Crippen molar-refractivity contribution in [3.05, 3.63) is 42.7 Å². The molecule has 1 aliphatic heterocycles. The fourth-order valence-electron chi connectivity index (χ4n) is 3.60. The lowest BCUT2D eigenvalue weighted by Gasteiger charge is -2.33. The summed E-state index contributed by atoms with van der Waals surface area (Å²) in [5.41, 5.74) is 0.675. The standard InChI is InChI=1S/C22H32N6O2/c1-3-27(4-2)15-16-30-20-11-6-5-10-19(20)26-22(29)25-18-9-7-14-28(17-18)21-23-12-8-13-24-21/h5-6,8,10-13,18H,3-4,7,9,14-17H2,1-2H3,(H2,25,26,29). The highest BCUT2D eigenvalue weighted by Crippen LogP contribution is 2.24. The number of nitrogens with one attached hydrogen (secondary N) is 2. The number of benzene rings is 1. The molecule has 1 aliphatic rings. The first kappa shape index (κ1) is 21.8. The monoisotopic (exact) mass is 412 g/mol. The Morgan fingerprint density at radius 1 is 1.20 bits per heavy atom. The molecule has 1 fully saturated rings. The summed E-state index contributed by atoms with van der Waals surface area (Å²) in [4.78, 5) is 25.7. The lowest BCUT2D eigenvalue weighted by atomic mass is 10.1. The Morgan fingerprint density at radius 2 is 1.97 bits per heavy atom. The van der Waals surface area contributed by atoms with Crippen molar-refractivity contribution in [3.63, 3.8) is 0 Å². The van der Waals surface area contributed by atoms with Crippen LogP contribution in [0.15, 0.2) is 42.7 Å². The number of urea groups is 1. The zero-order valence-corrected chi connectivity index (χ0v) is 17.9. The number of aromatic nitrogens is 2. The molecule has 2 N–H and O–H groups in total. The largest absolute Gasteiger partial charge is 0.490 e. The number of carbonyl (C=O) groups is 1. The number of hydrogen-bond acceptors (Lipinski definition) is 6. The molecule has 0 spiro atoms. The maximum absolute atomic E-state index is 12.6. The van der Waals surface area contributed by atoms with Crippen LogP contribution < -0.4 is 20.3 Å². The number of piperidine rings is 1. The quantitative estimate of drug-likeness (QED) is 0.659. The fourth-order valence-corrected chi connectivity index (χ4v) is 3.60. The fraction of sp³-hybridized carbons (Fsp3) is 0.500. The summed E-state index contributed by atoms with van der Waals surface area (Å²) in [5, 5.41) is 6.02. The molecule has 1 atom stereocenters. The van der Waals surface area contributed by atoms with E-state index in [1.54, 1.807) is 18.5 Å². The van der Waals surface area contributed by atoms with Crippen LogP contribution in [-0.2, 0) is 0 Å². The molecule has 1 aromatic heterocycles.